The average molecular weight is 316 g/mol. The summed E-state index contributed by atoms with van der Waals surface area (Å²) in [6.45, 7) is 5.78. The minimum Gasteiger partial charge on any atom is -0.493 e. The third-order valence-corrected chi connectivity index (χ3v) is 4.10. The van der Waals surface area contributed by atoms with Gasteiger partial charge in [-0.05, 0) is 6.92 Å². The molecule has 0 radical (unpaired) electrons. The van der Waals surface area contributed by atoms with Crippen molar-refractivity contribution in [3.8, 4) is 16.9 Å². The van der Waals surface area contributed by atoms with E-state index < -0.39 is 0 Å². The van der Waals surface area contributed by atoms with Gasteiger partial charge >= 0.3 is 0 Å². The van der Waals surface area contributed by atoms with Gasteiger partial charge in [-0.15, -0.1) is 0 Å². The van der Waals surface area contributed by atoms with E-state index in [1.807, 2.05) is 11.6 Å². The van der Waals surface area contributed by atoms with E-state index in [0.29, 0.717) is 32.0 Å². The van der Waals surface area contributed by atoms with Gasteiger partial charge in [0.05, 0.1) is 31.6 Å². The van der Waals surface area contributed by atoms with Crippen molar-refractivity contribution in [3.63, 3.8) is 0 Å². The highest BCUT2D eigenvalue weighted by Gasteiger charge is 2.24. The van der Waals surface area contributed by atoms with E-state index in [9.17, 15) is 9.59 Å². The van der Waals surface area contributed by atoms with Crippen molar-refractivity contribution in [1.29, 1.82) is 0 Å². The van der Waals surface area contributed by atoms with Gasteiger partial charge in [0.2, 0.25) is 5.91 Å². The molecule has 0 atom stereocenters. The molecule has 2 aromatic heterocycles. The second kappa shape index (κ2) is 5.91. The summed E-state index contributed by atoms with van der Waals surface area (Å²) < 4.78 is 9.06. The van der Waals surface area contributed by atoms with Gasteiger partial charge in [0, 0.05) is 43.9 Å². The Labute approximate surface area is 134 Å². The lowest BCUT2D eigenvalue weighted by atomic mass is 10.1. The van der Waals surface area contributed by atoms with E-state index >= 15 is 0 Å². The zero-order valence-corrected chi connectivity index (χ0v) is 13.6. The van der Waals surface area contributed by atoms with Crippen LogP contribution >= 0.6 is 0 Å². The lowest BCUT2D eigenvalue weighted by molar-refractivity contribution is -0.130. The topological polar surface area (TPSA) is 69.4 Å². The van der Waals surface area contributed by atoms with E-state index in [4.69, 9.17) is 4.74 Å². The van der Waals surface area contributed by atoms with Gasteiger partial charge in [-0.25, -0.2) is 0 Å². The molecule has 1 aliphatic heterocycles. The number of carbonyl (C=O) groups excluding carboxylic acids is 1. The molecule has 122 valence electrons. The Morgan fingerprint density at radius 3 is 2.83 bits per heavy atom. The first kappa shape index (κ1) is 15.3. The second-order valence-electron chi connectivity index (χ2n) is 5.60. The van der Waals surface area contributed by atoms with E-state index in [1.165, 1.54) is 10.6 Å². The molecule has 1 amide bonds. The molecule has 0 saturated carbocycles. The van der Waals surface area contributed by atoms with Gasteiger partial charge in [-0.2, -0.15) is 5.10 Å². The van der Waals surface area contributed by atoms with Crippen molar-refractivity contribution < 1.29 is 9.53 Å². The van der Waals surface area contributed by atoms with Gasteiger partial charge < -0.3 is 14.2 Å². The van der Waals surface area contributed by atoms with E-state index in [-0.39, 0.29) is 11.5 Å². The molecule has 2 aromatic rings. The Hall–Kier alpha value is -2.57. The number of hydrogen-bond acceptors (Lipinski definition) is 4. The molecule has 0 saturated heterocycles. The third-order valence-electron chi connectivity index (χ3n) is 4.10. The van der Waals surface area contributed by atoms with Gasteiger partial charge in [-0.3, -0.25) is 14.3 Å². The first-order chi connectivity index (χ1) is 11.0. The second-order valence-corrected chi connectivity index (χ2v) is 5.60. The normalized spacial score (nSPS) is 13.8. The number of aromatic nitrogens is 3. The maximum Gasteiger partial charge on any atom is 0.254 e. The van der Waals surface area contributed by atoms with Gasteiger partial charge in [0.1, 0.15) is 5.75 Å². The summed E-state index contributed by atoms with van der Waals surface area (Å²) in [5.74, 6) is 0.597. The molecular weight excluding hydrogens is 296 g/mol. The molecule has 0 N–H and O–H groups in total. The van der Waals surface area contributed by atoms with Crippen molar-refractivity contribution in [2.45, 2.75) is 26.9 Å². The number of pyridine rings is 1. The summed E-state index contributed by atoms with van der Waals surface area (Å²) in [5.41, 5.74) is 2.56. The summed E-state index contributed by atoms with van der Waals surface area (Å²) in [7, 11) is 1.71. The largest absolute Gasteiger partial charge is 0.493 e. The quantitative estimate of drug-likeness (QED) is 0.847. The van der Waals surface area contributed by atoms with Crippen LogP contribution in [0.15, 0.2) is 23.3 Å². The third kappa shape index (κ3) is 2.74. The average Bonchev–Trinajstić information content (AvgIpc) is 2.93. The van der Waals surface area contributed by atoms with Gasteiger partial charge in [0.15, 0.2) is 0 Å². The van der Waals surface area contributed by atoms with E-state index in [2.05, 4.69) is 5.10 Å². The fourth-order valence-corrected chi connectivity index (χ4v) is 2.83. The van der Waals surface area contributed by atoms with Crippen LogP contribution in [0.4, 0.5) is 0 Å². The van der Waals surface area contributed by atoms with E-state index in [1.54, 1.807) is 31.3 Å². The summed E-state index contributed by atoms with van der Waals surface area (Å²) >= 11 is 0. The van der Waals surface area contributed by atoms with Crippen LogP contribution in [0.1, 0.15) is 19.5 Å². The molecule has 0 aromatic carbocycles. The van der Waals surface area contributed by atoms with Crippen molar-refractivity contribution in [2.24, 2.45) is 7.05 Å². The SMILES string of the molecule is CCOc1cc(=O)n(C)cc1-c1cnn2c1CN(C(C)=O)CC2. The highest BCUT2D eigenvalue weighted by atomic mass is 16.5. The first-order valence-electron chi connectivity index (χ1n) is 7.65. The molecule has 3 heterocycles. The molecule has 1 aliphatic rings. The summed E-state index contributed by atoms with van der Waals surface area (Å²) in [6, 6.07) is 1.49. The first-order valence-corrected chi connectivity index (χ1v) is 7.65. The van der Waals surface area contributed by atoms with Crippen molar-refractivity contribution >= 4 is 5.91 Å². The van der Waals surface area contributed by atoms with Crippen LogP contribution < -0.4 is 10.3 Å². The molecular formula is C16H20N4O3. The summed E-state index contributed by atoms with van der Waals surface area (Å²) in [6.07, 6.45) is 3.54. The fourth-order valence-electron chi connectivity index (χ4n) is 2.83. The predicted molar refractivity (Wildman–Crippen MR) is 85.2 cm³/mol. The number of amides is 1. The number of ether oxygens (including phenoxy) is 1. The molecule has 7 heteroatoms. The summed E-state index contributed by atoms with van der Waals surface area (Å²) in [4.78, 5) is 25.3. The number of aryl methyl sites for hydroxylation is 1. The summed E-state index contributed by atoms with van der Waals surface area (Å²) in [5, 5.41) is 4.42. The molecule has 0 unspecified atom stereocenters. The van der Waals surface area contributed by atoms with Crippen LogP contribution in [0.3, 0.4) is 0 Å². The van der Waals surface area contributed by atoms with Gasteiger partial charge in [-0.1, -0.05) is 0 Å². The maximum absolute atomic E-state index is 11.9. The molecule has 0 aliphatic carbocycles. The highest BCUT2D eigenvalue weighted by Crippen LogP contribution is 2.33. The predicted octanol–water partition coefficient (Wildman–Crippen LogP) is 1.01. The van der Waals surface area contributed by atoms with Gasteiger partial charge in [0.25, 0.3) is 5.56 Å². The monoisotopic (exact) mass is 316 g/mol. The molecule has 0 fully saturated rings. The lowest BCUT2D eigenvalue weighted by Crippen LogP contribution is -2.37. The fraction of sp³-hybridized carbons (Fsp3) is 0.438. The van der Waals surface area contributed by atoms with Crippen LogP contribution in [0.5, 0.6) is 5.75 Å². The standard InChI is InChI=1S/C16H20N4O3/c1-4-23-15-7-16(22)18(3)9-13(15)12-8-17-20-6-5-19(11(2)21)10-14(12)20/h7-9H,4-6,10H2,1-3H3. The molecule has 3 rings (SSSR count). The Balaban J connectivity index is 2.10. The number of hydrogen-bond donors (Lipinski definition) is 0. The Morgan fingerprint density at radius 1 is 1.35 bits per heavy atom. The molecule has 0 spiro atoms. The Bertz CT molecular complexity index is 806. The highest BCUT2D eigenvalue weighted by molar-refractivity contribution is 5.75. The minimum atomic E-state index is -0.122. The Morgan fingerprint density at radius 2 is 2.13 bits per heavy atom. The van der Waals surface area contributed by atoms with Crippen LogP contribution in [-0.2, 0) is 24.9 Å². The van der Waals surface area contributed by atoms with Crippen LogP contribution in [-0.4, -0.2) is 38.3 Å². The molecule has 23 heavy (non-hydrogen) atoms. The number of carbonyl (C=O) groups is 1. The zero-order valence-electron chi connectivity index (χ0n) is 13.6. The van der Waals surface area contributed by atoms with Crippen molar-refractivity contribution in [2.75, 3.05) is 13.2 Å². The number of fused-ring (bicyclic) bond motifs is 1. The zero-order chi connectivity index (χ0) is 16.6. The van der Waals surface area contributed by atoms with Crippen LogP contribution in [0, 0.1) is 0 Å². The molecule has 7 nitrogen and oxygen atoms in total. The smallest absolute Gasteiger partial charge is 0.254 e. The van der Waals surface area contributed by atoms with E-state index in [0.717, 1.165) is 16.8 Å². The van der Waals surface area contributed by atoms with Crippen molar-refractivity contribution in [3.05, 3.63) is 34.5 Å². The maximum atomic E-state index is 11.9. The number of rotatable bonds is 3. The van der Waals surface area contributed by atoms with Crippen LogP contribution in [0.2, 0.25) is 0 Å². The Kier molecular flexibility index (Phi) is 3.94. The number of nitrogens with zero attached hydrogens (tertiary/aromatic N) is 4. The lowest BCUT2D eigenvalue weighted by Gasteiger charge is -2.27. The minimum absolute atomic E-state index is 0.0499. The molecule has 0 bridgehead atoms. The van der Waals surface area contributed by atoms with Crippen molar-refractivity contribution in [1.82, 2.24) is 19.2 Å². The van der Waals surface area contributed by atoms with Crippen LogP contribution in [0.25, 0.3) is 11.1 Å².